The van der Waals surface area contributed by atoms with E-state index in [1.165, 1.54) is 14.0 Å². The van der Waals surface area contributed by atoms with Crippen molar-refractivity contribution in [2.75, 3.05) is 7.11 Å². The van der Waals surface area contributed by atoms with E-state index in [9.17, 15) is 4.79 Å². The Morgan fingerprint density at radius 3 is 2.69 bits per heavy atom. The molecule has 0 bridgehead atoms. The first kappa shape index (κ1) is 10.2. The highest BCUT2D eigenvalue weighted by Gasteiger charge is 2.15. The molecule has 0 amide bonds. The van der Waals surface area contributed by atoms with E-state index < -0.39 is 6.10 Å². The predicted octanol–water partition coefficient (Wildman–Crippen LogP) is 2.62. The van der Waals surface area contributed by atoms with Crippen LogP contribution in [-0.4, -0.2) is 12.9 Å². The topological polar surface area (TPSA) is 26.3 Å². The molecule has 1 atom stereocenters. The number of rotatable bonds is 3. The highest BCUT2D eigenvalue weighted by Crippen LogP contribution is 2.20. The molecular formula is C10H11ClO2. The van der Waals surface area contributed by atoms with Crippen molar-refractivity contribution in [1.29, 1.82) is 0 Å². The minimum Gasteiger partial charge on any atom is -0.369 e. The molecule has 1 unspecified atom stereocenters. The van der Waals surface area contributed by atoms with E-state index in [4.69, 9.17) is 16.3 Å². The summed E-state index contributed by atoms with van der Waals surface area (Å²) < 4.78 is 5.04. The number of hydrogen-bond donors (Lipinski definition) is 0. The van der Waals surface area contributed by atoms with Gasteiger partial charge in [-0.05, 0) is 24.6 Å². The Labute approximate surface area is 82.5 Å². The van der Waals surface area contributed by atoms with Gasteiger partial charge in [0.05, 0.1) is 0 Å². The minimum absolute atomic E-state index is 0.0234. The number of carbonyl (C=O) groups is 1. The van der Waals surface area contributed by atoms with Gasteiger partial charge in [0.1, 0.15) is 6.10 Å². The summed E-state index contributed by atoms with van der Waals surface area (Å²) in [4.78, 5) is 11.1. The molecule has 70 valence electrons. The number of halogens is 1. The summed E-state index contributed by atoms with van der Waals surface area (Å²) in [5, 5.41) is 0.612. The Morgan fingerprint density at radius 2 is 2.23 bits per heavy atom. The van der Waals surface area contributed by atoms with Crippen LogP contribution < -0.4 is 0 Å². The van der Waals surface area contributed by atoms with Crippen LogP contribution in [0.5, 0.6) is 0 Å². The number of ketones is 1. The second-order valence-corrected chi connectivity index (χ2v) is 3.22. The lowest BCUT2D eigenvalue weighted by Crippen LogP contribution is -2.10. The molecule has 0 aliphatic carbocycles. The van der Waals surface area contributed by atoms with Gasteiger partial charge in [0.25, 0.3) is 0 Å². The number of hydrogen-bond acceptors (Lipinski definition) is 2. The van der Waals surface area contributed by atoms with Crippen LogP contribution in [0, 0.1) is 0 Å². The SMILES string of the molecule is COC(C(C)=O)c1cccc(Cl)c1. The van der Waals surface area contributed by atoms with Gasteiger partial charge in [0, 0.05) is 12.1 Å². The summed E-state index contributed by atoms with van der Waals surface area (Å²) in [5.74, 6) is -0.0234. The molecule has 1 rings (SSSR count). The molecule has 0 N–H and O–H groups in total. The lowest BCUT2D eigenvalue weighted by Gasteiger charge is -2.11. The summed E-state index contributed by atoms with van der Waals surface area (Å²) >= 11 is 5.78. The van der Waals surface area contributed by atoms with Crippen molar-refractivity contribution >= 4 is 17.4 Å². The van der Waals surface area contributed by atoms with Crippen LogP contribution >= 0.6 is 11.6 Å². The fourth-order valence-corrected chi connectivity index (χ4v) is 1.41. The zero-order valence-electron chi connectivity index (χ0n) is 7.58. The Hall–Kier alpha value is -0.860. The van der Waals surface area contributed by atoms with Gasteiger partial charge in [-0.15, -0.1) is 0 Å². The summed E-state index contributed by atoms with van der Waals surface area (Å²) in [6.07, 6.45) is -0.501. The Morgan fingerprint density at radius 1 is 1.54 bits per heavy atom. The number of Topliss-reactive ketones (excluding diaryl/α,β-unsaturated/α-hetero) is 1. The molecule has 0 saturated heterocycles. The normalized spacial score (nSPS) is 12.5. The van der Waals surface area contributed by atoms with Gasteiger partial charge >= 0.3 is 0 Å². The van der Waals surface area contributed by atoms with E-state index in [1.54, 1.807) is 18.2 Å². The second-order valence-electron chi connectivity index (χ2n) is 2.78. The van der Waals surface area contributed by atoms with Gasteiger partial charge in [-0.25, -0.2) is 0 Å². The zero-order chi connectivity index (χ0) is 9.84. The molecule has 0 aliphatic rings. The summed E-state index contributed by atoms with van der Waals surface area (Å²) in [7, 11) is 1.51. The first-order chi connectivity index (χ1) is 6.15. The summed E-state index contributed by atoms with van der Waals surface area (Å²) in [6, 6.07) is 7.11. The smallest absolute Gasteiger partial charge is 0.163 e. The molecule has 0 radical (unpaired) electrons. The predicted molar refractivity (Wildman–Crippen MR) is 51.9 cm³/mol. The third-order valence-corrected chi connectivity index (χ3v) is 1.99. The standard InChI is InChI=1S/C10H11ClO2/c1-7(12)10(13-2)8-4-3-5-9(11)6-8/h3-6,10H,1-2H3. The summed E-state index contributed by atoms with van der Waals surface area (Å²) in [6.45, 7) is 1.50. The molecular weight excluding hydrogens is 188 g/mol. The highest BCUT2D eigenvalue weighted by atomic mass is 35.5. The van der Waals surface area contributed by atoms with Crippen LogP contribution in [0.15, 0.2) is 24.3 Å². The Bertz CT molecular complexity index is 310. The van der Waals surface area contributed by atoms with Crippen LogP contribution in [0.25, 0.3) is 0 Å². The molecule has 0 spiro atoms. The average Bonchev–Trinajstić information content (AvgIpc) is 2.04. The molecule has 0 aromatic heterocycles. The van der Waals surface area contributed by atoms with Crippen molar-refractivity contribution in [3.05, 3.63) is 34.9 Å². The molecule has 2 nitrogen and oxygen atoms in total. The lowest BCUT2D eigenvalue weighted by atomic mass is 10.1. The number of benzene rings is 1. The number of methoxy groups -OCH3 is 1. The Kier molecular flexibility index (Phi) is 3.46. The van der Waals surface area contributed by atoms with Gasteiger partial charge < -0.3 is 4.74 Å². The van der Waals surface area contributed by atoms with E-state index in [-0.39, 0.29) is 5.78 Å². The van der Waals surface area contributed by atoms with Crippen molar-refractivity contribution < 1.29 is 9.53 Å². The van der Waals surface area contributed by atoms with Gasteiger partial charge in [0.2, 0.25) is 0 Å². The van der Waals surface area contributed by atoms with Crippen molar-refractivity contribution in [1.82, 2.24) is 0 Å². The van der Waals surface area contributed by atoms with Gasteiger partial charge in [0.15, 0.2) is 5.78 Å². The van der Waals surface area contributed by atoms with Crippen molar-refractivity contribution in [3.63, 3.8) is 0 Å². The van der Waals surface area contributed by atoms with Gasteiger partial charge in [-0.3, -0.25) is 4.79 Å². The zero-order valence-corrected chi connectivity index (χ0v) is 8.34. The maximum absolute atomic E-state index is 11.1. The molecule has 0 aliphatic heterocycles. The van der Waals surface area contributed by atoms with Crippen molar-refractivity contribution in [2.45, 2.75) is 13.0 Å². The van der Waals surface area contributed by atoms with Crippen LogP contribution in [0.3, 0.4) is 0 Å². The quantitative estimate of drug-likeness (QED) is 0.747. The maximum Gasteiger partial charge on any atom is 0.163 e. The summed E-state index contributed by atoms with van der Waals surface area (Å²) in [5.41, 5.74) is 0.794. The third kappa shape index (κ3) is 2.54. The van der Waals surface area contributed by atoms with Crippen molar-refractivity contribution in [2.24, 2.45) is 0 Å². The van der Waals surface area contributed by atoms with E-state index in [1.807, 2.05) is 6.07 Å². The van der Waals surface area contributed by atoms with E-state index in [0.29, 0.717) is 5.02 Å². The minimum atomic E-state index is -0.501. The van der Waals surface area contributed by atoms with Crippen molar-refractivity contribution in [3.8, 4) is 0 Å². The lowest BCUT2D eigenvalue weighted by molar-refractivity contribution is -0.126. The molecule has 1 aromatic rings. The van der Waals surface area contributed by atoms with Crippen LogP contribution in [0.2, 0.25) is 5.02 Å². The van der Waals surface area contributed by atoms with Crippen LogP contribution in [0.4, 0.5) is 0 Å². The Balaban J connectivity index is 2.98. The van der Waals surface area contributed by atoms with Crippen LogP contribution in [-0.2, 0) is 9.53 Å². The molecule has 0 saturated carbocycles. The largest absolute Gasteiger partial charge is 0.369 e. The van der Waals surface area contributed by atoms with Crippen LogP contribution in [0.1, 0.15) is 18.6 Å². The van der Waals surface area contributed by atoms with E-state index in [2.05, 4.69) is 0 Å². The fourth-order valence-electron chi connectivity index (χ4n) is 1.21. The highest BCUT2D eigenvalue weighted by molar-refractivity contribution is 6.30. The first-order valence-corrected chi connectivity index (χ1v) is 4.31. The third-order valence-electron chi connectivity index (χ3n) is 1.76. The maximum atomic E-state index is 11.1. The second kappa shape index (κ2) is 4.40. The molecule has 3 heteroatoms. The van der Waals surface area contributed by atoms with E-state index in [0.717, 1.165) is 5.56 Å². The average molecular weight is 199 g/mol. The van der Waals surface area contributed by atoms with E-state index >= 15 is 0 Å². The number of carbonyl (C=O) groups excluding carboxylic acids is 1. The van der Waals surface area contributed by atoms with Gasteiger partial charge in [-0.2, -0.15) is 0 Å². The molecule has 13 heavy (non-hydrogen) atoms. The molecule has 0 heterocycles. The molecule has 1 aromatic carbocycles. The van der Waals surface area contributed by atoms with Gasteiger partial charge in [-0.1, -0.05) is 23.7 Å². The fraction of sp³-hybridized carbons (Fsp3) is 0.300. The molecule has 0 fully saturated rings. The monoisotopic (exact) mass is 198 g/mol. The number of ether oxygens (including phenoxy) is 1. The first-order valence-electron chi connectivity index (χ1n) is 3.94.